The summed E-state index contributed by atoms with van der Waals surface area (Å²) >= 11 is 6.01. The zero-order valence-electron chi connectivity index (χ0n) is 13.6. The maximum atomic E-state index is 12.4. The summed E-state index contributed by atoms with van der Waals surface area (Å²) in [5, 5.41) is 7.02. The van der Waals surface area contributed by atoms with Crippen molar-refractivity contribution in [3.63, 3.8) is 0 Å². The normalized spacial score (nSPS) is 23.1. The molecule has 0 radical (unpaired) electrons. The SMILES string of the molecule is Cl.O=C(NCC1(c2ccc(Cl)cc2)CCOCC1)C1COCCN1. The fourth-order valence-corrected chi connectivity index (χ4v) is 3.37. The highest BCUT2D eigenvalue weighted by Crippen LogP contribution is 2.34. The summed E-state index contributed by atoms with van der Waals surface area (Å²) in [5.74, 6) is 0.00419. The molecule has 2 aliphatic heterocycles. The van der Waals surface area contributed by atoms with Gasteiger partial charge in [-0.1, -0.05) is 23.7 Å². The van der Waals surface area contributed by atoms with Crippen LogP contribution >= 0.6 is 24.0 Å². The molecule has 0 saturated carbocycles. The van der Waals surface area contributed by atoms with E-state index in [-0.39, 0.29) is 29.8 Å². The number of ether oxygens (including phenoxy) is 2. The number of nitrogens with one attached hydrogen (secondary N) is 2. The second kappa shape index (κ2) is 9.02. The Balaban J connectivity index is 0.00000208. The van der Waals surface area contributed by atoms with Gasteiger partial charge in [0.2, 0.25) is 5.91 Å². The van der Waals surface area contributed by atoms with E-state index >= 15 is 0 Å². The molecule has 0 bridgehead atoms. The van der Waals surface area contributed by atoms with Crippen molar-refractivity contribution in [1.29, 1.82) is 0 Å². The third-order valence-electron chi connectivity index (χ3n) is 4.75. The Morgan fingerprint density at radius 1 is 1.21 bits per heavy atom. The van der Waals surface area contributed by atoms with Crippen LogP contribution in [-0.4, -0.2) is 51.5 Å². The summed E-state index contributed by atoms with van der Waals surface area (Å²) < 4.78 is 10.9. The van der Waals surface area contributed by atoms with E-state index < -0.39 is 0 Å². The molecule has 1 aromatic carbocycles. The first-order valence-electron chi connectivity index (χ1n) is 8.12. The fraction of sp³-hybridized carbons (Fsp3) is 0.588. The van der Waals surface area contributed by atoms with Crippen LogP contribution < -0.4 is 10.6 Å². The van der Waals surface area contributed by atoms with Gasteiger partial charge in [0.1, 0.15) is 6.04 Å². The van der Waals surface area contributed by atoms with Gasteiger partial charge >= 0.3 is 0 Å². The summed E-state index contributed by atoms with van der Waals surface area (Å²) in [6, 6.07) is 7.67. The van der Waals surface area contributed by atoms with Gasteiger partial charge in [0.25, 0.3) is 0 Å². The molecule has 2 aliphatic rings. The standard InChI is InChI=1S/C17H23ClN2O3.ClH/c18-14-3-1-13(2-4-14)17(5-8-22-9-6-17)12-20-16(21)15-11-23-10-7-19-15;/h1-4,15,19H,5-12H2,(H,20,21);1H. The van der Waals surface area contributed by atoms with Gasteiger partial charge in [-0.05, 0) is 30.5 Å². The van der Waals surface area contributed by atoms with Crippen molar-refractivity contribution in [3.8, 4) is 0 Å². The third kappa shape index (κ3) is 4.61. The van der Waals surface area contributed by atoms with E-state index in [0.29, 0.717) is 39.5 Å². The van der Waals surface area contributed by atoms with Crippen LogP contribution in [-0.2, 0) is 19.7 Å². The topological polar surface area (TPSA) is 59.6 Å². The largest absolute Gasteiger partial charge is 0.381 e. The number of hydrogen-bond donors (Lipinski definition) is 2. The van der Waals surface area contributed by atoms with E-state index in [1.165, 1.54) is 5.56 Å². The third-order valence-corrected chi connectivity index (χ3v) is 5.00. The lowest BCUT2D eigenvalue weighted by atomic mass is 9.74. The highest BCUT2D eigenvalue weighted by atomic mass is 35.5. The summed E-state index contributed by atoms with van der Waals surface area (Å²) in [5.41, 5.74) is 1.12. The van der Waals surface area contributed by atoms with Crippen molar-refractivity contribution >= 4 is 29.9 Å². The van der Waals surface area contributed by atoms with Crippen LogP contribution in [0.25, 0.3) is 0 Å². The average Bonchev–Trinajstić information content (AvgIpc) is 2.62. The number of amides is 1. The van der Waals surface area contributed by atoms with Gasteiger partial charge < -0.3 is 20.1 Å². The molecule has 2 N–H and O–H groups in total. The summed E-state index contributed by atoms with van der Waals surface area (Å²) in [7, 11) is 0. The number of carbonyl (C=O) groups excluding carboxylic acids is 1. The molecule has 0 aromatic heterocycles. The van der Waals surface area contributed by atoms with Gasteiger partial charge in [-0.2, -0.15) is 0 Å². The molecule has 1 atom stereocenters. The molecular formula is C17H24Cl2N2O3. The minimum Gasteiger partial charge on any atom is -0.381 e. The van der Waals surface area contributed by atoms with Crippen LogP contribution in [0.2, 0.25) is 5.02 Å². The van der Waals surface area contributed by atoms with E-state index in [9.17, 15) is 4.79 Å². The molecule has 7 heteroatoms. The van der Waals surface area contributed by atoms with E-state index in [0.717, 1.165) is 17.9 Å². The quantitative estimate of drug-likeness (QED) is 0.844. The van der Waals surface area contributed by atoms with Gasteiger partial charge in [-0.3, -0.25) is 4.79 Å². The molecule has 5 nitrogen and oxygen atoms in total. The Hall–Kier alpha value is -0.850. The Bertz CT molecular complexity index is 527. The summed E-state index contributed by atoms with van der Waals surface area (Å²) in [6.07, 6.45) is 1.78. The monoisotopic (exact) mass is 374 g/mol. The number of carbonyl (C=O) groups is 1. The van der Waals surface area contributed by atoms with Gasteiger partial charge in [0.05, 0.1) is 13.2 Å². The number of hydrogen-bond acceptors (Lipinski definition) is 4. The molecule has 3 rings (SSSR count). The van der Waals surface area contributed by atoms with Crippen LogP contribution in [0.4, 0.5) is 0 Å². The van der Waals surface area contributed by atoms with Crippen LogP contribution in [0.5, 0.6) is 0 Å². The van der Waals surface area contributed by atoms with E-state index in [2.05, 4.69) is 22.8 Å². The Morgan fingerprint density at radius 2 is 1.92 bits per heavy atom. The number of rotatable bonds is 4. The average molecular weight is 375 g/mol. The minimum absolute atomic E-state index is 0. The smallest absolute Gasteiger partial charge is 0.239 e. The van der Waals surface area contributed by atoms with Gasteiger partial charge in [-0.25, -0.2) is 0 Å². The van der Waals surface area contributed by atoms with Gasteiger partial charge in [0, 0.05) is 36.7 Å². The van der Waals surface area contributed by atoms with Crippen LogP contribution in [0.15, 0.2) is 24.3 Å². The molecule has 1 aromatic rings. The molecule has 134 valence electrons. The summed E-state index contributed by atoms with van der Waals surface area (Å²) in [6.45, 7) is 3.84. The van der Waals surface area contributed by atoms with E-state index in [1.54, 1.807) is 0 Å². The predicted octanol–water partition coefficient (Wildman–Crippen LogP) is 1.91. The Kier molecular flexibility index (Phi) is 7.32. The van der Waals surface area contributed by atoms with Crippen molar-refractivity contribution in [3.05, 3.63) is 34.9 Å². The zero-order valence-corrected chi connectivity index (χ0v) is 15.1. The highest BCUT2D eigenvalue weighted by molar-refractivity contribution is 6.30. The van der Waals surface area contributed by atoms with Crippen molar-refractivity contribution in [1.82, 2.24) is 10.6 Å². The minimum atomic E-state index is -0.258. The second-order valence-corrected chi connectivity index (χ2v) is 6.64. The van der Waals surface area contributed by atoms with Crippen LogP contribution in [0, 0.1) is 0 Å². The van der Waals surface area contributed by atoms with Crippen molar-refractivity contribution in [2.75, 3.05) is 39.5 Å². The first kappa shape index (κ1) is 19.5. The van der Waals surface area contributed by atoms with Crippen molar-refractivity contribution in [2.45, 2.75) is 24.3 Å². The molecule has 2 saturated heterocycles. The van der Waals surface area contributed by atoms with Crippen LogP contribution in [0.3, 0.4) is 0 Å². The maximum Gasteiger partial charge on any atom is 0.239 e. The van der Waals surface area contributed by atoms with Crippen molar-refractivity contribution < 1.29 is 14.3 Å². The van der Waals surface area contributed by atoms with Gasteiger partial charge in [0.15, 0.2) is 0 Å². The van der Waals surface area contributed by atoms with Gasteiger partial charge in [-0.15, -0.1) is 12.4 Å². The molecule has 0 spiro atoms. The van der Waals surface area contributed by atoms with Crippen LogP contribution in [0.1, 0.15) is 18.4 Å². The molecule has 24 heavy (non-hydrogen) atoms. The molecule has 1 unspecified atom stereocenters. The first-order chi connectivity index (χ1) is 11.2. The zero-order chi connectivity index (χ0) is 16.1. The predicted molar refractivity (Wildman–Crippen MR) is 96.1 cm³/mol. The lowest BCUT2D eigenvalue weighted by molar-refractivity contribution is -0.126. The molecule has 1 amide bonds. The molecule has 2 fully saturated rings. The van der Waals surface area contributed by atoms with E-state index in [4.69, 9.17) is 21.1 Å². The highest BCUT2D eigenvalue weighted by Gasteiger charge is 2.35. The van der Waals surface area contributed by atoms with E-state index in [1.807, 2.05) is 12.1 Å². The lowest BCUT2D eigenvalue weighted by Gasteiger charge is -2.38. The van der Waals surface area contributed by atoms with Crippen molar-refractivity contribution in [2.24, 2.45) is 0 Å². The second-order valence-electron chi connectivity index (χ2n) is 6.20. The number of halogens is 2. The fourth-order valence-electron chi connectivity index (χ4n) is 3.25. The number of benzene rings is 1. The lowest BCUT2D eigenvalue weighted by Crippen LogP contribution is -2.54. The Morgan fingerprint density at radius 3 is 2.54 bits per heavy atom. The molecule has 0 aliphatic carbocycles. The summed E-state index contributed by atoms with van der Waals surface area (Å²) in [4.78, 5) is 12.4. The first-order valence-corrected chi connectivity index (χ1v) is 8.50. The maximum absolute atomic E-state index is 12.4. The molecule has 2 heterocycles. The Labute approximate surface area is 153 Å². The number of morpholine rings is 1. The molecular weight excluding hydrogens is 351 g/mol.